The van der Waals surface area contributed by atoms with Crippen LogP contribution < -0.4 is 15.8 Å². The molecule has 0 bridgehead atoms. The number of rotatable bonds is 15. The molecule has 0 atom stereocenters. The van der Waals surface area contributed by atoms with Crippen LogP contribution in [0.1, 0.15) is 76.7 Å². The van der Waals surface area contributed by atoms with E-state index in [0.717, 1.165) is 30.0 Å². The van der Waals surface area contributed by atoms with Crippen LogP contribution in [0.15, 0.2) is 66.7 Å². The van der Waals surface area contributed by atoms with Gasteiger partial charge in [-0.2, -0.15) is 0 Å². The van der Waals surface area contributed by atoms with E-state index >= 15 is 0 Å². The first-order valence-corrected chi connectivity index (χ1v) is 13.9. The predicted octanol–water partition coefficient (Wildman–Crippen LogP) is 8.45. The average Bonchev–Trinajstić information content (AvgIpc) is 3.42. The highest BCUT2D eigenvalue weighted by Gasteiger charge is 2.18. The number of nitrogens with zero attached hydrogens (tertiary/aromatic N) is 2. The number of hydrogen-bond acceptors (Lipinski definition) is 5. The maximum Gasteiger partial charge on any atom is 0.269 e. The van der Waals surface area contributed by atoms with E-state index in [2.05, 4.69) is 65.1 Å². The van der Waals surface area contributed by atoms with Crippen molar-refractivity contribution in [1.29, 1.82) is 0 Å². The Bertz CT molecular complexity index is 1190. The number of non-ortho nitro benzene ring substituents is 1. The van der Waals surface area contributed by atoms with E-state index in [-0.39, 0.29) is 10.6 Å². The van der Waals surface area contributed by atoms with E-state index in [1.54, 1.807) is 24.3 Å². The zero-order chi connectivity index (χ0) is 25.9. The quantitative estimate of drug-likeness (QED) is 0.124. The van der Waals surface area contributed by atoms with Gasteiger partial charge in [0, 0.05) is 35.1 Å². The van der Waals surface area contributed by atoms with E-state index in [9.17, 15) is 10.1 Å². The summed E-state index contributed by atoms with van der Waals surface area (Å²) in [6.07, 6.45) is 15.6. The molecule has 1 aliphatic heterocycles. The van der Waals surface area contributed by atoms with Gasteiger partial charge in [0.25, 0.3) is 5.69 Å². The number of hydrazine groups is 1. The summed E-state index contributed by atoms with van der Waals surface area (Å²) < 4.78 is 0. The van der Waals surface area contributed by atoms with Crippen LogP contribution in [0.3, 0.4) is 0 Å². The molecule has 37 heavy (non-hydrogen) atoms. The second-order valence-corrected chi connectivity index (χ2v) is 9.93. The third-order valence-electron chi connectivity index (χ3n) is 7.16. The van der Waals surface area contributed by atoms with Crippen LogP contribution in [0.2, 0.25) is 0 Å². The minimum absolute atomic E-state index is 0.103. The molecular weight excluding hydrogens is 460 g/mol. The fourth-order valence-corrected chi connectivity index (χ4v) is 5.03. The van der Waals surface area contributed by atoms with Gasteiger partial charge < -0.3 is 5.32 Å². The first kappa shape index (κ1) is 26.5. The molecule has 6 nitrogen and oxygen atoms in total. The Hall–Kier alpha value is -3.54. The topological polar surface area (TPSA) is 70.4 Å². The lowest BCUT2D eigenvalue weighted by molar-refractivity contribution is -0.384. The van der Waals surface area contributed by atoms with Crippen molar-refractivity contribution in [2.24, 2.45) is 0 Å². The number of fused-ring (bicyclic) bond motifs is 1. The van der Waals surface area contributed by atoms with Gasteiger partial charge in [0.1, 0.15) is 0 Å². The molecule has 0 saturated heterocycles. The molecule has 0 radical (unpaired) electrons. The van der Waals surface area contributed by atoms with Gasteiger partial charge in [0.05, 0.1) is 22.9 Å². The lowest BCUT2D eigenvalue weighted by Crippen LogP contribution is -2.31. The van der Waals surface area contributed by atoms with Crippen molar-refractivity contribution in [2.45, 2.75) is 71.1 Å². The standard InChI is InChI=1S/C31H40N4O2/c1-2-3-4-5-6-7-8-9-10-13-23-32-30-20-21-31(28-15-12-11-14-27(28)30)34-24-22-29(33-34)25-16-18-26(19-17-25)35(36)37/h11-12,14-22,32-33H,2-10,13,23-24H2,1H3. The zero-order valence-corrected chi connectivity index (χ0v) is 22.0. The van der Waals surface area contributed by atoms with Gasteiger partial charge in [-0.1, -0.05) is 89.0 Å². The maximum atomic E-state index is 11.0. The lowest BCUT2D eigenvalue weighted by atomic mass is 10.1. The second kappa shape index (κ2) is 13.7. The molecule has 0 aromatic heterocycles. The van der Waals surface area contributed by atoms with Crippen LogP contribution in [-0.2, 0) is 0 Å². The number of anilines is 2. The Balaban J connectivity index is 1.28. The number of nitro benzene ring substituents is 1. The third-order valence-corrected chi connectivity index (χ3v) is 7.16. The molecule has 0 amide bonds. The normalized spacial score (nSPS) is 13.0. The molecule has 4 rings (SSSR count). The molecule has 1 heterocycles. The molecule has 0 spiro atoms. The fraction of sp³-hybridized carbons (Fsp3) is 0.419. The summed E-state index contributed by atoms with van der Waals surface area (Å²) in [5.41, 5.74) is 7.78. The Morgan fingerprint density at radius 3 is 2.16 bits per heavy atom. The highest BCUT2D eigenvalue weighted by atomic mass is 16.6. The van der Waals surface area contributed by atoms with Crippen LogP contribution in [0.25, 0.3) is 16.5 Å². The van der Waals surface area contributed by atoms with Crippen LogP contribution in [0, 0.1) is 10.1 Å². The summed E-state index contributed by atoms with van der Waals surface area (Å²) >= 11 is 0. The van der Waals surface area contributed by atoms with Gasteiger partial charge in [-0.25, -0.2) is 0 Å². The van der Waals surface area contributed by atoms with E-state index in [0.29, 0.717) is 0 Å². The highest BCUT2D eigenvalue weighted by molar-refractivity contribution is 6.02. The van der Waals surface area contributed by atoms with Crippen molar-refractivity contribution in [3.63, 3.8) is 0 Å². The second-order valence-electron chi connectivity index (χ2n) is 9.93. The van der Waals surface area contributed by atoms with E-state index in [1.165, 1.54) is 80.7 Å². The summed E-state index contributed by atoms with van der Waals surface area (Å²) in [5.74, 6) is 0. The molecule has 2 N–H and O–H groups in total. The summed E-state index contributed by atoms with van der Waals surface area (Å²) in [6, 6.07) is 19.5. The number of nitrogens with one attached hydrogen (secondary N) is 2. The summed E-state index contributed by atoms with van der Waals surface area (Å²) in [7, 11) is 0. The van der Waals surface area contributed by atoms with E-state index in [1.807, 2.05) is 0 Å². The highest BCUT2D eigenvalue weighted by Crippen LogP contribution is 2.34. The van der Waals surface area contributed by atoms with Crippen molar-refractivity contribution < 1.29 is 4.92 Å². The minimum Gasteiger partial charge on any atom is -0.385 e. The van der Waals surface area contributed by atoms with Crippen molar-refractivity contribution in [3.8, 4) is 0 Å². The van der Waals surface area contributed by atoms with Crippen LogP contribution in [-0.4, -0.2) is 18.0 Å². The van der Waals surface area contributed by atoms with E-state index in [4.69, 9.17) is 0 Å². The molecule has 0 fully saturated rings. The van der Waals surface area contributed by atoms with Crippen LogP contribution in [0.4, 0.5) is 17.1 Å². The predicted molar refractivity (Wildman–Crippen MR) is 156 cm³/mol. The first-order chi connectivity index (χ1) is 18.2. The largest absolute Gasteiger partial charge is 0.385 e. The molecule has 6 heteroatoms. The summed E-state index contributed by atoms with van der Waals surface area (Å²) in [4.78, 5) is 10.6. The lowest BCUT2D eigenvalue weighted by Gasteiger charge is -2.23. The molecule has 0 aliphatic carbocycles. The molecular formula is C31H40N4O2. The van der Waals surface area contributed by atoms with Crippen LogP contribution in [0.5, 0.6) is 0 Å². The molecule has 0 unspecified atom stereocenters. The number of benzene rings is 3. The minimum atomic E-state index is -0.370. The van der Waals surface area contributed by atoms with Crippen LogP contribution >= 0.6 is 0 Å². The number of hydrogen-bond donors (Lipinski definition) is 2. The summed E-state index contributed by atoms with van der Waals surface area (Å²) in [6.45, 7) is 3.99. The van der Waals surface area contributed by atoms with E-state index < -0.39 is 0 Å². The SMILES string of the molecule is CCCCCCCCCCCCNc1ccc(N2CC=C(c3ccc([N+](=O)[O-])cc3)N2)c2ccccc12. The Morgan fingerprint density at radius 2 is 1.49 bits per heavy atom. The Labute approximate surface area is 220 Å². The third kappa shape index (κ3) is 7.25. The first-order valence-electron chi connectivity index (χ1n) is 13.9. The van der Waals surface area contributed by atoms with Gasteiger partial charge in [0.15, 0.2) is 0 Å². The smallest absolute Gasteiger partial charge is 0.269 e. The number of nitro groups is 1. The molecule has 3 aromatic rings. The summed E-state index contributed by atoms with van der Waals surface area (Å²) in [5, 5.41) is 19.2. The van der Waals surface area contributed by atoms with Gasteiger partial charge >= 0.3 is 0 Å². The van der Waals surface area contributed by atoms with Crippen molar-refractivity contribution in [2.75, 3.05) is 23.4 Å². The monoisotopic (exact) mass is 500 g/mol. The zero-order valence-electron chi connectivity index (χ0n) is 22.0. The van der Waals surface area contributed by atoms with Crippen molar-refractivity contribution in [3.05, 3.63) is 82.4 Å². The average molecular weight is 501 g/mol. The van der Waals surface area contributed by atoms with Crippen molar-refractivity contribution >= 4 is 33.5 Å². The maximum absolute atomic E-state index is 11.0. The number of unbranched alkanes of at least 4 members (excludes halogenated alkanes) is 9. The van der Waals surface area contributed by atoms with Gasteiger partial charge in [-0.05, 0) is 42.3 Å². The van der Waals surface area contributed by atoms with Gasteiger partial charge in [-0.15, -0.1) is 0 Å². The molecule has 196 valence electrons. The molecule has 3 aromatic carbocycles. The van der Waals surface area contributed by atoms with Crippen molar-refractivity contribution in [1.82, 2.24) is 5.43 Å². The fourth-order valence-electron chi connectivity index (χ4n) is 5.03. The van der Waals surface area contributed by atoms with Gasteiger partial charge in [0.2, 0.25) is 0 Å². The molecule has 1 aliphatic rings. The van der Waals surface area contributed by atoms with Gasteiger partial charge in [-0.3, -0.25) is 20.5 Å². The Morgan fingerprint density at radius 1 is 0.838 bits per heavy atom. The molecule has 0 saturated carbocycles. The Kier molecular flexibility index (Phi) is 9.81.